The van der Waals surface area contributed by atoms with Crippen molar-refractivity contribution < 1.29 is 9.32 Å². The van der Waals surface area contributed by atoms with Gasteiger partial charge in [-0.1, -0.05) is 5.16 Å². The van der Waals surface area contributed by atoms with E-state index in [4.69, 9.17) is 4.52 Å². The van der Waals surface area contributed by atoms with E-state index in [2.05, 4.69) is 15.1 Å². The summed E-state index contributed by atoms with van der Waals surface area (Å²) in [5.74, 6) is 2.95. The van der Waals surface area contributed by atoms with E-state index in [9.17, 15) is 4.79 Å². The summed E-state index contributed by atoms with van der Waals surface area (Å²) in [7, 11) is 1.84. The number of hydrogen-bond acceptors (Lipinski definition) is 5. The third-order valence-electron chi connectivity index (χ3n) is 4.47. The minimum atomic E-state index is 0.00165. The molecule has 1 amide bonds. The van der Waals surface area contributed by atoms with Crippen LogP contribution in [0.1, 0.15) is 47.5 Å². The molecule has 4 rings (SSSR count). The van der Waals surface area contributed by atoms with Crippen molar-refractivity contribution in [3.05, 3.63) is 29.9 Å². The molecule has 0 N–H and O–H groups in total. The van der Waals surface area contributed by atoms with E-state index in [1.165, 1.54) is 0 Å². The van der Waals surface area contributed by atoms with Crippen molar-refractivity contribution >= 4 is 5.91 Å². The second-order valence-corrected chi connectivity index (χ2v) is 6.29. The molecule has 0 radical (unpaired) electrons. The highest BCUT2D eigenvalue weighted by Crippen LogP contribution is 2.39. The lowest BCUT2D eigenvalue weighted by atomic mass is 10.1. The van der Waals surface area contributed by atoms with E-state index in [-0.39, 0.29) is 5.91 Å². The van der Waals surface area contributed by atoms with Gasteiger partial charge in [-0.25, -0.2) is 4.98 Å². The Hall–Kier alpha value is -2.18. The Morgan fingerprint density at radius 2 is 2.27 bits per heavy atom. The molecule has 22 heavy (non-hydrogen) atoms. The number of rotatable bonds is 4. The van der Waals surface area contributed by atoms with Crippen LogP contribution in [0.25, 0.3) is 0 Å². The quantitative estimate of drug-likeness (QED) is 0.852. The molecule has 7 heteroatoms. The zero-order chi connectivity index (χ0) is 15.1. The Balaban J connectivity index is 1.37. The predicted octanol–water partition coefficient (Wildman–Crippen LogP) is 1.39. The lowest BCUT2D eigenvalue weighted by molar-refractivity contribution is 0.0771. The molecule has 2 aromatic heterocycles. The summed E-state index contributed by atoms with van der Waals surface area (Å²) in [5.41, 5.74) is 0. The zero-order valence-corrected chi connectivity index (χ0v) is 12.6. The van der Waals surface area contributed by atoms with Crippen LogP contribution in [0, 0.1) is 5.92 Å². The van der Waals surface area contributed by atoms with Gasteiger partial charge in [0, 0.05) is 44.9 Å². The first-order valence-electron chi connectivity index (χ1n) is 7.80. The fourth-order valence-corrected chi connectivity index (χ4v) is 3.00. The van der Waals surface area contributed by atoms with Crippen LogP contribution in [0.2, 0.25) is 0 Å². The van der Waals surface area contributed by atoms with Crippen LogP contribution < -0.4 is 0 Å². The first kappa shape index (κ1) is 13.5. The van der Waals surface area contributed by atoms with Crippen LogP contribution in [-0.2, 0) is 13.5 Å². The first-order valence-corrected chi connectivity index (χ1v) is 7.80. The summed E-state index contributed by atoms with van der Waals surface area (Å²) in [6.07, 6.45) is 7.52. The summed E-state index contributed by atoms with van der Waals surface area (Å²) in [6, 6.07) is 0. The van der Waals surface area contributed by atoms with Gasteiger partial charge in [0.2, 0.25) is 5.89 Å². The number of amides is 1. The third-order valence-corrected chi connectivity index (χ3v) is 4.47. The number of aryl methyl sites for hydroxylation is 1. The molecule has 1 unspecified atom stereocenters. The second-order valence-electron chi connectivity index (χ2n) is 6.29. The maximum Gasteiger partial charge on any atom is 0.289 e. The maximum absolute atomic E-state index is 12.4. The number of carbonyl (C=O) groups excluding carboxylic acids is 1. The molecule has 0 bridgehead atoms. The topological polar surface area (TPSA) is 77.0 Å². The molecular weight excluding hydrogens is 282 g/mol. The molecule has 1 aliphatic heterocycles. The summed E-state index contributed by atoms with van der Waals surface area (Å²) >= 11 is 0. The average Bonchev–Trinajstić information content (AvgIpc) is 2.90. The zero-order valence-electron chi connectivity index (χ0n) is 12.6. The molecule has 1 saturated carbocycles. The standard InChI is InChI=1S/C15H19N5O2/c1-19-7-5-16-13(19)15(21)20-6-4-10(9-20)8-12-17-14(22-18-12)11-2-3-11/h5,7,10-11H,2-4,6,8-9H2,1H3. The van der Waals surface area contributed by atoms with Crippen molar-refractivity contribution in [1.82, 2.24) is 24.6 Å². The summed E-state index contributed by atoms with van der Waals surface area (Å²) in [5, 5.41) is 4.07. The average molecular weight is 301 g/mol. The predicted molar refractivity (Wildman–Crippen MR) is 77.2 cm³/mol. The highest BCUT2D eigenvalue weighted by atomic mass is 16.5. The molecule has 3 heterocycles. The van der Waals surface area contributed by atoms with E-state index >= 15 is 0 Å². The van der Waals surface area contributed by atoms with Crippen molar-refractivity contribution in [2.45, 2.75) is 31.6 Å². The molecule has 2 aromatic rings. The Bertz CT molecular complexity index is 688. The molecule has 0 spiro atoms. The molecule has 116 valence electrons. The molecule has 2 aliphatic rings. The van der Waals surface area contributed by atoms with Crippen LogP contribution in [0.3, 0.4) is 0 Å². The van der Waals surface area contributed by atoms with Gasteiger partial charge in [-0.15, -0.1) is 0 Å². The Morgan fingerprint density at radius 1 is 1.41 bits per heavy atom. The summed E-state index contributed by atoms with van der Waals surface area (Å²) in [6.45, 7) is 1.50. The lowest BCUT2D eigenvalue weighted by Gasteiger charge is -2.15. The highest BCUT2D eigenvalue weighted by molar-refractivity contribution is 5.91. The van der Waals surface area contributed by atoms with E-state index in [0.29, 0.717) is 17.7 Å². The molecule has 7 nitrogen and oxygen atoms in total. The van der Waals surface area contributed by atoms with Crippen molar-refractivity contribution in [2.24, 2.45) is 13.0 Å². The van der Waals surface area contributed by atoms with E-state index in [1.807, 2.05) is 11.9 Å². The van der Waals surface area contributed by atoms with Gasteiger partial charge in [0.25, 0.3) is 5.91 Å². The van der Waals surface area contributed by atoms with Gasteiger partial charge in [0.1, 0.15) is 0 Å². The van der Waals surface area contributed by atoms with Gasteiger partial charge < -0.3 is 14.0 Å². The van der Waals surface area contributed by atoms with Gasteiger partial charge >= 0.3 is 0 Å². The largest absolute Gasteiger partial charge is 0.339 e. The van der Waals surface area contributed by atoms with Gasteiger partial charge in [0.15, 0.2) is 11.6 Å². The van der Waals surface area contributed by atoms with Crippen LogP contribution in [0.4, 0.5) is 0 Å². The van der Waals surface area contributed by atoms with Crippen LogP contribution in [0.15, 0.2) is 16.9 Å². The number of likely N-dealkylation sites (tertiary alicyclic amines) is 1. The van der Waals surface area contributed by atoms with Gasteiger partial charge in [0.05, 0.1) is 0 Å². The van der Waals surface area contributed by atoms with Crippen molar-refractivity contribution in [1.29, 1.82) is 0 Å². The number of aromatic nitrogens is 4. The Labute approximate surface area is 128 Å². The van der Waals surface area contributed by atoms with Crippen LogP contribution >= 0.6 is 0 Å². The molecule has 1 atom stereocenters. The normalized spacial score (nSPS) is 21.5. The van der Waals surface area contributed by atoms with Crippen LogP contribution in [-0.4, -0.2) is 43.6 Å². The fourth-order valence-electron chi connectivity index (χ4n) is 3.00. The lowest BCUT2D eigenvalue weighted by Crippen LogP contribution is -2.31. The van der Waals surface area contributed by atoms with E-state index < -0.39 is 0 Å². The van der Waals surface area contributed by atoms with Crippen molar-refractivity contribution in [3.8, 4) is 0 Å². The molecular formula is C15H19N5O2. The minimum absolute atomic E-state index is 0.00165. The van der Waals surface area contributed by atoms with Crippen LogP contribution in [0.5, 0.6) is 0 Å². The molecule has 2 fully saturated rings. The third kappa shape index (κ3) is 2.51. The smallest absolute Gasteiger partial charge is 0.289 e. The first-order chi connectivity index (χ1) is 10.7. The van der Waals surface area contributed by atoms with E-state index in [0.717, 1.165) is 50.5 Å². The maximum atomic E-state index is 12.4. The second kappa shape index (κ2) is 5.23. The monoisotopic (exact) mass is 301 g/mol. The van der Waals surface area contributed by atoms with Gasteiger partial charge in [-0.3, -0.25) is 4.79 Å². The van der Waals surface area contributed by atoms with Crippen molar-refractivity contribution in [2.75, 3.05) is 13.1 Å². The van der Waals surface area contributed by atoms with E-state index in [1.54, 1.807) is 17.0 Å². The number of carbonyl (C=O) groups is 1. The summed E-state index contributed by atoms with van der Waals surface area (Å²) in [4.78, 5) is 22.9. The van der Waals surface area contributed by atoms with Gasteiger partial charge in [-0.2, -0.15) is 4.98 Å². The van der Waals surface area contributed by atoms with Gasteiger partial charge in [-0.05, 0) is 25.2 Å². The summed E-state index contributed by atoms with van der Waals surface area (Å²) < 4.78 is 7.05. The number of nitrogens with zero attached hydrogens (tertiary/aromatic N) is 5. The molecule has 0 aromatic carbocycles. The van der Waals surface area contributed by atoms with Crippen molar-refractivity contribution in [3.63, 3.8) is 0 Å². The molecule has 1 saturated heterocycles. The Kier molecular flexibility index (Phi) is 3.20. The fraction of sp³-hybridized carbons (Fsp3) is 0.600. The highest BCUT2D eigenvalue weighted by Gasteiger charge is 2.32. The SMILES string of the molecule is Cn1ccnc1C(=O)N1CCC(Cc2noc(C3CC3)n2)C1. The Morgan fingerprint density at radius 3 is 3.00 bits per heavy atom. The number of imidazole rings is 1. The minimum Gasteiger partial charge on any atom is -0.339 e. The molecule has 1 aliphatic carbocycles. The number of hydrogen-bond donors (Lipinski definition) is 0.